The Balaban J connectivity index is 1.77. The van der Waals surface area contributed by atoms with Crippen LogP contribution in [0.3, 0.4) is 0 Å². The zero-order chi connectivity index (χ0) is 17.3. The highest BCUT2D eigenvalue weighted by Gasteiger charge is 2.51. The van der Waals surface area contributed by atoms with Crippen LogP contribution in [-0.2, 0) is 15.0 Å². The smallest absolute Gasteiger partial charge is 0.235 e. The lowest BCUT2D eigenvalue weighted by Crippen LogP contribution is -2.27. The molecule has 2 aromatic rings. The molecule has 0 radical (unpaired) electrons. The molecule has 0 aromatic heterocycles. The van der Waals surface area contributed by atoms with Gasteiger partial charge in [0, 0.05) is 17.1 Å². The van der Waals surface area contributed by atoms with Gasteiger partial charge in [0.25, 0.3) is 0 Å². The van der Waals surface area contributed by atoms with Crippen molar-refractivity contribution in [1.82, 2.24) is 0 Å². The van der Waals surface area contributed by atoms with Crippen LogP contribution in [0.15, 0.2) is 46.9 Å². The second-order valence-electron chi connectivity index (χ2n) is 5.92. The molecule has 1 saturated carbocycles. The number of halogens is 2. The second-order valence-corrected chi connectivity index (χ2v) is 7.24. The lowest BCUT2D eigenvalue weighted by atomic mass is 9.95. The standard InChI is InChI=1S/C18H16BrClN2O2/c1-11(23)21-14-6-7-16(15(20)10-14)22-17(24)18(8-9-18)12-2-4-13(19)5-3-12/h2-7,10H,8-9H2,1H3,(H,21,23)(H,22,24). The number of hydrogen-bond acceptors (Lipinski definition) is 2. The van der Waals surface area contributed by atoms with Gasteiger partial charge in [-0.1, -0.05) is 39.7 Å². The molecule has 124 valence electrons. The van der Waals surface area contributed by atoms with Crippen molar-refractivity contribution in [2.45, 2.75) is 25.2 Å². The van der Waals surface area contributed by atoms with Crippen molar-refractivity contribution in [1.29, 1.82) is 0 Å². The summed E-state index contributed by atoms with van der Waals surface area (Å²) in [5, 5.41) is 5.96. The molecular weight excluding hydrogens is 392 g/mol. The molecule has 1 aliphatic carbocycles. The topological polar surface area (TPSA) is 58.2 Å². The van der Waals surface area contributed by atoms with Crippen LogP contribution in [0, 0.1) is 0 Å². The zero-order valence-electron chi connectivity index (χ0n) is 13.0. The first kappa shape index (κ1) is 17.0. The summed E-state index contributed by atoms with van der Waals surface area (Å²) in [7, 11) is 0. The van der Waals surface area contributed by atoms with Crippen LogP contribution in [0.5, 0.6) is 0 Å². The molecule has 4 nitrogen and oxygen atoms in total. The minimum Gasteiger partial charge on any atom is -0.326 e. The van der Waals surface area contributed by atoms with E-state index in [9.17, 15) is 9.59 Å². The van der Waals surface area contributed by atoms with Crippen molar-refractivity contribution in [2.24, 2.45) is 0 Å². The minimum atomic E-state index is -0.472. The van der Waals surface area contributed by atoms with Crippen molar-refractivity contribution in [3.63, 3.8) is 0 Å². The molecule has 0 bridgehead atoms. The number of hydrogen-bond donors (Lipinski definition) is 2. The first-order valence-corrected chi connectivity index (χ1v) is 8.72. The summed E-state index contributed by atoms with van der Waals surface area (Å²) in [5.41, 5.74) is 1.67. The monoisotopic (exact) mass is 406 g/mol. The lowest BCUT2D eigenvalue weighted by Gasteiger charge is -2.17. The molecule has 0 atom stereocenters. The largest absolute Gasteiger partial charge is 0.326 e. The third kappa shape index (κ3) is 3.47. The molecule has 1 fully saturated rings. The van der Waals surface area contributed by atoms with Gasteiger partial charge in [0.2, 0.25) is 11.8 Å². The molecule has 0 aliphatic heterocycles. The van der Waals surface area contributed by atoms with Crippen molar-refractivity contribution < 1.29 is 9.59 Å². The first-order valence-electron chi connectivity index (χ1n) is 7.55. The van der Waals surface area contributed by atoms with E-state index in [-0.39, 0.29) is 11.8 Å². The van der Waals surface area contributed by atoms with Crippen LogP contribution in [-0.4, -0.2) is 11.8 Å². The molecule has 3 rings (SSSR count). The van der Waals surface area contributed by atoms with E-state index in [0.29, 0.717) is 16.4 Å². The molecular formula is C18H16BrClN2O2. The van der Waals surface area contributed by atoms with Crippen LogP contribution in [0.25, 0.3) is 0 Å². The summed E-state index contributed by atoms with van der Waals surface area (Å²) in [6, 6.07) is 12.9. The van der Waals surface area contributed by atoms with Crippen molar-refractivity contribution >= 4 is 50.7 Å². The quantitative estimate of drug-likeness (QED) is 0.769. The number of nitrogens with one attached hydrogen (secondary N) is 2. The fourth-order valence-electron chi connectivity index (χ4n) is 2.68. The molecule has 0 heterocycles. The van der Waals surface area contributed by atoms with Gasteiger partial charge in [0.1, 0.15) is 0 Å². The predicted octanol–water partition coefficient (Wildman–Crippen LogP) is 4.73. The molecule has 6 heteroatoms. The maximum absolute atomic E-state index is 12.7. The average Bonchev–Trinajstić information content (AvgIpc) is 3.32. The van der Waals surface area contributed by atoms with Gasteiger partial charge in [-0.2, -0.15) is 0 Å². The second kappa shape index (κ2) is 6.57. The number of carbonyl (C=O) groups excluding carboxylic acids is 2. The summed E-state index contributed by atoms with van der Waals surface area (Å²) >= 11 is 9.63. The highest BCUT2D eigenvalue weighted by molar-refractivity contribution is 9.10. The molecule has 1 aliphatic rings. The van der Waals surface area contributed by atoms with E-state index < -0.39 is 5.41 Å². The lowest BCUT2D eigenvalue weighted by molar-refractivity contribution is -0.118. The van der Waals surface area contributed by atoms with Crippen LogP contribution in [0.1, 0.15) is 25.3 Å². The number of benzene rings is 2. The summed E-state index contributed by atoms with van der Waals surface area (Å²) in [6.07, 6.45) is 1.64. The normalized spacial score (nSPS) is 14.8. The Morgan fingerprint density at radius 2 is 1.75 bits per heavy atom. The molecule has 0 unspecified atom stereocenters. The van der Waals surface area contributed by atoms with Crippen molar-refractivity contribution in [2.75, 3.05) is 10.6 Å². The summed E-state index contributed by atoms with van der Waals surface area (Å²) in [6.45, 7) is 1.43. The summed E-state index contributed by atoms with van der Waals surface area (Å²) in [5.74, 6) is -0.228. The van der Waals surface area contributed by atoms with Crippen LogP contribution < -0.4 is 10.6 Å². The van der Waals surface area contributed by atoms with Crippen molar-refractivity contribution in [3.8, 4) is 0 Å². The Kier molecular flexibility index (Phi) is 4.65. The van der Waals surface area contributed by atoms with Gasteiger partial charge in [-0.3, -0.25) is 9.59 Å². The molecule has 2 aromatic carbocycles. The van der Waals surface area contributed by atoms with E-state index in [1.165, 1.54) is 6.92 Å². The van der Waals surface area contributed by atoms with Gasteiger partial charge in [0.05, 0.1) is 16.1 Å². The van der Waals surface area contributed by atoms with E-state index in [1.54, 1.807) is 18.2 Å². The number of amides is 2. The maximum Gasteiger partial charge on any atom is 0.235 e. The summed E-state index contributed by atoms with van der Waals surface area (Å²) < 4.78 is 0.985. The number of carbonyl (C=O) groups is 2. The van der Waals surface area contributed by atoms with E-state index in [1.807, 2.05) is 24.3 Å². The average molecular weight is 408 g/mol. The van der Waals surface area contributed by atoms with Crippen LogP contribution in [0.4, 0.5) is 11.4 Å². The van der Waals surface area contributed by atoms with Gasteiger partial charge in [-0.15, -0.1) is 0 Å². The number of anilines is 2. The van der Waals surface area contributed by atoms with E-state index in [2.05, 4.69) is 26.6 Å². The third-order valence-corrected chi connectivity index (χ3v) is 4.96. The van der Waals surface area contributed by atoms with Gasteiger partial charge in [-0.25, -0.2) is 0 Å². The van der Waals surface area contributed by atoms with Crippen molar-refractivity contribution in [3.05, 3.63) is 57.5 Å². The fourth-order valence-corrected chi connectivity index (χ4v) is 3.17. The Morgan fingerprint density at radius 3 is 2.29 bits per heavy atom. The van der Waals surface area contributed by atoms with E-state index in [0.717, 1.165) is 22.9 Å². The Morgan fingerprint density at radius 1 is 1.08 bits per heavy atom. The zero-order valence-corrected chi connectivity index (χ0v) is 15.4. The van der Waals surface area contributed by atoms with Gasteiger partial charge in [0.15, 0.2) is 0 Å². The Labute approximate surface area is 153 Å². The van der Waals surface area contributed by atoms with Gasteiger partial charge >= 0.3 is 0 Å². The van der Waals surface area contributed by atoms with Gasteiger partial charge < -0.3 is 10.6 Å². The first-order chi connectivity index (χ1) is 11.4. The van der Waals surface area contributed by atoms with Crippen LogP contribution in [0.2, 0.25) is 5.02 Å². The maximum atomic E-state index is 12.7. The molecule has 24 heavy (non-hydrogen) atoms. The highest BCUT2D eigenvalue weighted by Crippen LogP contribution is 2.49. The molecule has 2 N–H and O–H groups in total. The molecule has 0 spiro atoms. The predicted molar refractivity (Wildman–Crippen MR) is 99.4 cm³/mol. The summed E-state index contributed by atoms with van der Waals surface area (Å²) in [4.78, 5) is 23.8. The molecule has 2 amide bonds. The third-order valence-electron chi connectivity index (χ3n) is 4.12. The minimum absolute atomic E-state index is 0.0565. The highest BCUT2D eigenvalue weighted by atomic mass is 79.9. The van der Waals surface area contributed by atoms with Crippen LogP contribution >= 0.6 is 27.5 Å². The van der Waals surface area contributed by atoms with E-state index in [4.69, 9.17) is 11.6 Å². The van der Waals surface area contributed by atoms with E-state index >= 15 is 0 Å². The fraction of sp³-hybridized carbons (Fsp3) is 0.222. The SMILES string of the molecule is CC(=O)Nc1ccc(NC(=O)C2(c3ccc(Br)cc3)CC2)c(Cl)c1. The van der Waals surface area contributed by atoms with Gasteiger partial charge in [-0.05, 0) is 48.7 Å². The Bertz CT molecular complexity index is 801. The molecule has 0 saturated heterocycles. The number of rotatable bonds is 4. The Hall–Kier alpha value is -1.85.